The third kappa shape index (κ3) is 5.85. The first-order valence-corrected chi connectivity index (χ1v) is 10.5. The molecule has 1 aliphatic carbocycles. The van der Waals surface area contributed by atoms with Gasteiger partial charge in [-0.3, -0.25) is 19.8 Å². The van der Waals surface area contributed by atoms with Crippen molar-refractivity contribution in [2.24, 2.45) is 5.92 Å². The molecular weight excluding hydrogens is 386 g/mol. The highest BCUT2D eigenvalue weighted by molar-refractivity contribution is 5.94. The number of carbonyl (C=O) groups is 2. The van der Waals surface area contributed by atoms with E-state index >= 15 is 0 Å². The molecular formula is C21H29N5O4. The predicted molar refractivity (Wildman–Crippen MR) is 109 cm³/mol. The number of pyridine rings is 1. The highest BCUT2D eigenvalue weighted by Gasteiger charge is 2.24. The molecule has 2 heterocycles. The van der Waals surface area contributed by atoms with E-state index in [1.54, 1.807) is 24.8 Å². The summed E-state index contributed by atoms with van der Waals surface area (Å²) in [6, 6.07) is 1.64. The van der Waals surface area contributed by atoms with Crippen LogP contribution in [0.3, 0.4) is 0 Å². The average Bonchev–Trinajstić information content (AvgIpc) is 3.29. The number of nitrogens with one attached hydrogen (secondary N) is 2. The van der Waals surface area contributed by atoms with Gasteiger partial charge in [-0.25, -0.2) is 5.48 Å². The van der Waals surface area contributed by atoms with Crippen molar-refractivity contribution >= 4 is 11.8 Å². The van der Waals surface area contributed by atoms with Gasteiger partial charge in [0.25, 0.3) is 5.91 Å². The third-order valence-electron chi connectivity index (χ3n) is 5.72. The van der Waals surface area contributed by atoms with Gasteiger partial charge in [0.2, 0.25) is 17.6 Å². The van der Waals surface area contributed by atoms with E-state index in [2.05, 4.69) is 20.4 Å². The number of hydroxylamine groups is 1. The molecule has 0 spiro atoms. The van der Waals surface area contributed by atoms with Crippen LogP contribution in [0.25, 0.3) is 11.4 Å². The van der Waals surface area contributed by atoms with Gasteiger partial charge in [0, 0.05) is 37.3 Å². The Bertz CT molecular complexity index is 847. The second-order valence-corrected chi connectivity index (χ2v) is 7.87. The van der Waals surface area contributed by atoms with E-state index in [-0.39, 0.29) is 18.2 Å². The SMILES string of the molecule is CNC(=O)c1cncc(-c2noc(C(CCCC3CCCCC3)CC(=O)NO)n2)c1. The second kappa shape index (κ2) is 10.8. The number of hydrogen-bond acceptors (Lipinski definition) is 7. The number of amides is 2. The van der Waals surface area contributed by atoms with E-state index in [9.17, 15) is 9.59 Å². The van der Waals surface area contributed by atoms with Crippen molar-refractivity contribution in [1.29, 1.82) is 0 Å². The molecule has 3 rings (SSSR count). The Morgan fingerprint density at radius 2 is 2.07 bits per heavy atom. The number of rotatable bonds is 9. The minimum atomic E-state index is -0.485. The number of nitrogens with zero attached hydrogens (tertiary/aromatic N) is 3. The van der Waals surface area contributed by atoms with Gasteiger partial charge in [0.05, 0.1) is 5.56 Å². The van der Waals surface area contributed by atoms with Crippen molar-refractivity contribution in [3.63, 3.8) is 0 Å². The molecule has 0 bridgehead atoms. The van der Waals surface area contributed by atoms with Gasteiger partial charge in [-0.15, -0.1) is 0 Å². The first-order valence-electron chi connectivity index (χ1n) is 10.5. The molecule has 0 aromatic carbocycles. The molecule has 0 saturated heterocycles. The van der Waals surface area contributed by atoms with Crippen LogP contribution in [-0.2, 0) is 4.79 Å². The zero-order valence-electron chi connectivity index (χ0n) is 17.3. The lowest BCUT2D eigenvalue weighted by Crippen LogP contribution is -2.21. The first-order chi connectivity index (χ1) is 14.6. The van der Waals surface area contributed by atoms with Crippen molar-refractivity contribution in [1.82, 2.24) is 25.9 Å². The highest BCUT2D eigenvalue weighted by atomic mass is 16.5. The summed E-state index contributed by atoms with van der Waals surface area (Å²) in [5, 5.41) is 15.5. The molecule has 30 heavy (non-hydrogen) atoms. The minimum Gasteiger partial charge on any atom is -0.355 e. The van der Waals surface area contributed by atoms with Crippen LogP contribution in [0.15, 0.2) is 23.0 Å². The van der Waals surface area contributed by atoms with Crippen molar-refractivity contribution in [3.05, 3.63) is 29.9 Å². The Morgan fingerprint density at radius 1 is 1.27 bits per heavy atom. The molecule has 1 atom stereocenters. The standard InChI is InChI=1S/C21H29N5O4/c1-22-20(28)17-10-16(12-23-13-17)19-24-21(30-26-19)15(11-18(27)25-29)9-5-8-14-6-3-2-4-7-14/h10,12-15,29H,2-9,11H2,1H3,(H,22,28)(H,25,27). The Balaban J connectivity index is 1.70. The maximum Gasteiger partial charge on any atom is 0.252 e. The van der Waals surface area contributed by atoms with Gasteiger partial charge in [-0.05, 0) is 18.4 Å². The van der Waals surface area contributed by atoms with Gasteiger partial charge in [0.15, 0.2) is 0 Å². The maximum absolute atomic E-state index is 11.8. The quantitative estimate of drug-likeness (QED) is 0.423. The van der Waals surface area contributed by atoms with E-state index in [0.29, 0.717) is 22.8 Å². The molecule has 0 aliphatic heterocycles. The Morgan fingerprint density at radius 3 is 2.80 bits per heavy atom. The van der Waals surface area contributed by atoms with Crippen molar-refractivity contribution < 1.29 is 19.3 Å². The fraction of sp³-hybridized carbons (Fsp3) is 0.571. The van der Waals surface area contributed by atoms with Gasteiger partial charge in [-0.2, -0.15) is 4.98 Å². The fourth-order valence-corrected chi connectivity index (χ4v) is 4.06. The van der Waals surface area contributed by atoms with Crippen LogP contribution < -0.4 is 10.8 Å². The Labute approximate surface area is 175 Å². The van der Waals surface area contributed by atoms with Gasteiger partial charge in [-0.1, -0.05) is 50.1 Å². The lowest BCUT2D eigenvalue weighted by molar-refractivity contribution is -0.129. The van der Waals surface area contributed by atoms with Gasteiger partial charge >= 0.3 is 0 Å². The molecule has 1 saturated carbocycles. The summed E-state index contributed by atoms with van der Waals surface area (Å²) < 4.78 is 5.44. The van der Waals surface area contributed by atoms with E-state index in [4.69, 9.17) is 9.73 Å². The van der Waals surface area contributed by atoms with Crippen molar-refractivity contribution in [2.75, 3.05) is 7.05 Å². The largest absolute Gasteiger partial charge is 0.355 e. The lowest BCUT2D eigenvalue weighted by atomic mass is 9.84. The topological polar surface area (TPSA) is 130 Å². The van der Waals surface area contributed by atoms with Crippen LogP contribution in [0, 0.1) is 5.92 Å². The molecule has 2 aromatic rings. The normalized spacial score (nSPS) is 15.5. The maximum atomic E-state index is 11.8. The van der Waals surface area contributed by atoms with Crippen LogP contribution in [0.1, 0.15) is 80.0 Å². The third-order valence-corrected chi connectivity index (χ3v) is 5.72. The smallest absolute Gasteiger partial charge is 0.252 e. The molecule has 1 aliphatic rings. The number of aromatic nitrogens is 3. The van der Waals surface area contributed by atoms with E-state index in [0.717, 1.165) is 25.2 Å². The lowest BCUT2D eigenvalue weighted by Gasteiger charge is -2.22. The van der Waals surface area contributed by atoms with Crippen LogP contribution in [0.2, 0.25) is 0 Å². The summed E-state index contributed by atoms with van der Waals surface area (Å²) in [6.07, 6.45) is 12.4. The first kappa shape index (κ1) is 21.9. The Kier molecular flexibility index (Phi) is 7.89. The van der Waals surface area contributed by atoms with Crippen LogP contribution in [0.5, 0.6) is 0 Å². The van der Waals surface area contributed by atoms with E-state index < -0.39 is 5.91 Å². The minimum absolute atomic E-state index is 0.0688. The Hall–Kier alpha value is -2.81. The van der Waals surface area contributed by atoms with Crippen molar-refractivity contribution in [3.8, 4) is 11.4 Å². The number of carbonyl (C=O) groups excluding carboxylic acids is 2. The predicted octanol–water partition coefficient (Wildman–Crippen LogP) is 3.22. The zero-order chi connectivity index (χ0) is 21.3. The molecule has 9 heteroatoms. The van der Waals surface area contributed by atoms with E-state index in [1.165, 1.54) is 38.3 Å². The molecule has 9 nitrogen and oxygen atoms in total. The average molecular weight is 415 g/mol. The van der Waals surface area contributed by atoms with Crippen LogP contribution >= 0.6 is 0 Å². The summed E-state index contributed by atoms with van der Waals surface area (Å²) >= 11 is 0. The molecule has 2 amide bonds. The summed E-state index contributed by atoms with van der Waals surface area (Å²) in [5.41, 5.74) is 2.63. The monoisotopic (exact) mass is 415 g/mol. The van der Waals surface area contributed by atoms with Crippen LogP contribution in [0.4, 0.5) is 0 Å². The zero-order valence-corrected chi connectivity index (χ0v) is 17.3. The molecule has 1 unspecified atom stereocenters. The highest BCUT2D eigenvalue weighted by Crippen LogP contribution is 2.31. The molecule has 0 radical (unpaired) electrons. The van der Waals surface area contributed by atoms with Gasteiger partial charge < -0.3 is 9.84 Å². The summed E-state index contributed by atoms with van der Waals surface area (Å²) in [7, 11) is 1.55. The summed E-state index contributed by atoms with van der Waals surface area (Å²) in [6.45, 7) is 0. The van der Waals surface area contributed by atoms with Crippen molar-refractivity contribution in [2.45, 2.75) is 63.7 Å². The van der Waals surface area contributed by atoms with E-state index in [1.807, 2.05) is 0 Å². The van der Waals surface area contributed by atoms with Gasteiger partial charge in [0.1, 0.15) is 0 Å². The molecule has 3 N–H and O–H groups in total. The number of hydrogen-bond donors (Lipinski definition) is 3. The molecule has 2 aromatic heterocycles. The second-order valence-electron chi connectivity index (χ2n) is 7.87. The summed E-state index contributed by atoms with van der Waals surface area (Å²) in [4.78, 5) is 32.1. The molecule has 162 valence electrons. The molecule has 1 fully saturated rings. The fourth-order valence-electron chi connectivity index (χ4n) is 4.06. The summed E-state index contributed by atoms with van der Waals surface area (Å²) in [5.74, 6) is 0.390. The van der Waals surface area contributed by atoms with Crippen LogP contribution in [-0.4, -0.2) is 39.2 Å².